The molecule has 0 bridgehead atoms. The van der Waals surface area contributed by atoms with E-state index in [1.54, 1.807) is 6.07 Å². The predicted octanol–water partition coefficient (Wildman–Crippen LogP) is 4.78. The van der Waals surface area contributed by atoms with E-state index in [0.717, 1.165) is 29.7 Å². The second-order valence-electron chi connectivity index (χ2n) is 6.62. The highest BCUT2D eigenvalue weighted by Crippen LogP contribution is 2.39. The predicted molar refractivity (Wildman–Crippen MR) is 106 cm³/mol. The molecule has 4 nitrogen and oxygen atoms in total. The number of aliphatic hydroxyl groups is 1. The van der Waals surface area contributed by atoms with Crippen molar-refractivity contribution in [2.24, 2.45) is 11.8 Å². The van der Waals surface area contributed by atoms with Crippen LogP contribution in [-0.4, -0.2) is 27.8 Å². The number of rotatable bonds is 5. The number of benzene rings is 1. The van der Waals surface area contributed by atoms with Crippen molar-refractivity contribution in [3.8, 4) is 16.9 Å². The summed E-state index contributed by atoms with van der Waals surface area (Å²) in [6.45, 7) is 0. The first-order valence-corrected chi connectivity index (χ1v) is 10.2. The highest BCUT2D eigenvalue weighted by Gasteiger charge is 2.40. The second-order valence-corrected chi connectivity index (χ2v) is 8.32. The molecule has 2 N–H and O–H groups in total. The number of ether oxygens (including phenoxy) is 1. The topological polar surface area (TPSA) is 66.8 Å². The zero-order chi connectivity index (χ0) is 19.2. The molecular weight excluding hydrogens is 384 g/mol. The van der Waals surface area contributed by atoms with Crippen molar-refractivity contribution in [1.29, 1.82) is 0 Å². The average Bonchev–Trinajstić information content (AvgIpc) is 3.18. The van der Waals surface area contributed by atoms with Crippen LogP contribution in [0.4, 0.5) is 4.79 Å². The van der Waals surface area contributed by atoms with Gasteiger partial charge in [0, 0.05) is 15.8 Å². The first kappa shape index (κ1) is 19.8. The molecule has 1 aliphatic carbocycles. The summed E-state index contributed by atoms with van der Waals surface area (Å²) in [6, 6.07) is 13.3. The fourth-order valence-corrected chi connectivity index (χ4v) is 4.81. The summed E-state index contributed by atoms with van der Waals surface area (Å²) >= 11 is 7.82. The monoisotopic (exact) mass is 404 g/mol. The van der Waals surface area contributed by atoms with E-state index in [1.807, 2.05) is 36.4 Å². The Hall–Kier alpha value is -2.00. The summed E-state index contributed by atoms with van der Waals surface area (Å²) in [5.41, 5.74) is 0.936. The molecule has 0 saturated heterocycles. The van der Waals surface area contributed by atoms with Crippen LogP contribution in [-0.2, 0) is 6.42 Å². The number of aryl methyl sites for hydroxylation is 1. The minimum Gasteiger partial charge on any atom is -0.449 e. The number of thiophene rings is 1. The van der Waals surface area contributed by atoms with Crippen LogP contribution < -0.4 is 4.74 Å². The second kappa shape index (κ2) is 9.27. The third kappa shape index (κ3) is 5.49. The quantitative estimate of drug-likeness (QED) is 0.427. The van der Waals surface area contributed by atoms with E-state index in [0.29, 0.717) is 11.5 Å². The lowest BCUT2D eigenvalue weighted by Crippen LogP contribution is -2.19. The fourth-order valence-electron chi connectivity index (χ4n) is 3.46. The van der Waals surface area contributed by atoms with E-state index in [4.69, 9.17) is 16.7 Å². The van der Waals surface area contributed by atoms with Gasteiger partial charge in [-0.1, -0.05) is 30.0 Å². The van der Waals surface area contributed by atoms with Gasteiger partial charge in [-0.15, -0.1) is 22.9 Å². The van der Waals surface area contributed by atoms with E-state index < -0.39 is 12.3 Å². The average molecular weight is 405 g/mol. The Morgan fingerprint density at radius 1 is 1.26 bits per heavy atom. The van der Waals surface area contributed by atoms with Gasteiger partial charge in [0.1, 0.15) is 0 Å². The highest BCUT2D eigenvalue weighted by atomic mass is 35.5. The molecule has 6 heteroatoms. The van der Waals surface area contributed by atoms with Crippen LogP contribution >= 0.6 is 22.9 Å². The summed E-state index contributed by atoms with van der Waals surface area (Å²) in [7, 11) is 0. The van der Waals surface area contributed by atoms with Gasteiger partial charge in [-0.3, -0.25) is 0 Å². The number of hydrogen-bond acceptors (Lipinski definition) is 4. The van der Waals surface area contributed by atoms with Crippen LogP contribution in [0.5, 0.6) is 5.06 Å². The Balaban J connectivity index is 1.58. The van der Waals surface area contributed by atoms with Crippen LogP contribution in [0, 0.1) is 23.7 Å². The van der Waals surface area contributed by atoms with Crippen LogP contribution in [0.25, 0.3) is 0 Å². The molecule has 1 saturated carbocycles. The smallest absolute Gasteiger partial charge is 0.449 e. The third-order valence-corrected chi connectivity index (χ3v) is 6.27. The maximum Gasteiger partial charge on any atom is 0.512 e. The zero-order valence-corrected chi connectivity index (χ0v) is 16.2. The van der Waals surface area contributed by atoms with E-state index in [2.05, 4.69) is 16.6 Å². The molecule has 0 aliphatic heterocycles. The number of carbonyl (C=O) groups is 1. The molecule has 0 unspecified atom stereocenters. The molecule has 142 valence electrons. The van der Waals surface area contributed by atoms with Crippen molar-refractivity contribution in [3.63, 3.8) is 0 Å². The van der Waals surface area contributed by atoms with Crippen molar-refractivity contribution < 1.29 is 19.7 Å². The zero-order valence-electron chi connectivity index (χ0n) is 14.7. The van der Waals surface area contributed by atoms with E-state index in [-0.39, 0.29) is 17.2 Å². The first-order chi connectivity index (χ1) is 13.0. The molecule has 1 fully saturated rings. The SMILES string of the molecule is O=C(O)Oc1ccc(CCC[C@@H]2[C@@H](C#Cc3ccccc3)[C@H](O)C[C@H]2Cl)s1. The molecule has 0 radical (unpaired) electrons. The van der Waals surface area contributed by atoms with E-state index >= 15 is 0 Å². The molecule has 1 aromatic heterocycles. The third-order valence-electron chi connectivity index (χ3n) is 4.75. The molecule has 1 heterocycles. The van der Waals surface area contributed by atoms with Gasteiger partial charge in [-0.05, 0) is 55.9 Å². The van der Waals surface area contributed by atoms with Crippen LogP contribution in [0.3, 0.4) is 0 Å². The van der Waals surface area contributed by atoms with E-state index in [1.165, 1.54) is 11.3 Å². The molecule has 1 aromatic carbocycles. The van der Waals surface area contributed by atoms with Crippen LogP contribution in [0.2, 0.25) is 0 Å². The largest absolute Gasteiger partial charge is 0.512 e. The molecular formula is C21H21ClO4S. The van der Waals surface area contributed by atoms with Gasteiger partial charge in [-0.25, -0.2) is 4.79 Å². The first-order valence-electron chi connectivity index (χ1n) is 8.91. The summed E-state index contributed by atoms with van der Waals surface area (Å²) in [5.74, 6) is 6.42. The van der Waals surface area contributed by atoms with Crippen LogP contribution in [0.1, 0.15) is 29.7 Å². The minimum atomic E-state index is -1.30. The molecule has 4 atom stereocenters. The van der Waals surface area contributed by atoms with Gasteiger partial charge in [0.2, 0.25) is 0 Å². The van der Waals surface area contributed by atoms with Gasteiger partial charge in [0.25, 0.3) is 0 Å². The Morgan fingerprint density at radius 3 is 2.78 bits per heavy atom. The normalized spacial score (nSPS) is 24.2. The van der Waals surface area contributed by atoms with Crippen LogP contribution in [0.15, 0.2) is 42.5 Å². The number of carboxylic acid groups (broad SMARTS) is 1. The summed E-state index contributed by atoms with van der Waals surface area (Å²) < 4.78 is 4.66. The maximum absolute atomic E-state index is 10.6. The molecule has 0 spiro atoms. The van der Waals surface area contributed by atoms with Crippen molar-refractivity contribution in [2.75, 3.05) is 0 Å². The molecule has 2 aromatic rings. The number of alkyl halides is 1. The summed E-state index contributed by atoms with van der Waals surface area (Å²) in [6.07, 6.45) is 1.36. The van der Waals surface area contributed by atoms with Gasteiger partial charge in [0.15, 0.2) is 5.06 Å². The lowest BCUT2D eigenvalue weighted by atomic mass is 9.90. The highest BCUT2D eigenvalue weighted by molar-refractivity contribution is 7.13. The lowest BCUT2D eigenvalue weighted by molar-refractivity contribution is 0.144. The Morgan fingerprint density at radius 2 is 2.04 bits per heavy atom. The maximum atomic E-state index is 10.6. The molecule has 0 amide bonds. The number of halogens is 1. The van der Waals surface area contributed by atoms with Gasteiger partial charge < -0.3 is 14.9 Å². The minimum absolute atomic E-state index is 0.0793. The van der Waals surface area contributed by atoms with Crippen molar-refractivity contribution in [2.45, 2.75) is 37.2 Å². The summed E-state index contributed by atoms with van der Waals surface area (Å²) in [4.78, 5) is 11.6. The Labute approximate surface area is 167 Å². The van der Waals surface area contributed by atoms with Gasteiger partial charge >= 0.3 is 6.16 Å². The Bertz CT molecular complexity index is 823. The number of aliphatic hydroxyl groups excluding tert-OH is 1. The molecule has 27 heavy (non-hydrogen) atoms. The van der Waals surface area contributed by atoms with Crippen molar-refractivity contribution >= 4 is 29.1 Å². The fraction of sp³-hybridized carbons (Fsp3) is 0.381. The lowest BCUT2D eigenvalue weighted by Gasteiger charge is -2.18. The molecule has 1 aliphatic rings. The van der Waals surface area contributed by atoms with E-state index in [9.17, 15) is 9.90 Å². The standard InChI is InChI=1S/C21H21ClO4S/c22-18-13-19(23)17(11-9-14-5-2-1-3-6-14)16(18)8-4-7-15-10-12-20(27-15)26-21(24)25/h1-3,5-6,10,12,16-19,23H,4,7-8,13H2,(H,24,25)/t16-,17-,18-,19-/m1/s1. The Kier molecular flexibility index (Phi) is 6.78. The molecule has 3 rings (SSSR count). The van der Waals surface area contributed by atoms with Crippen molar-refractivity contribution in [3.05, 3.63) is 52.9 Å². The van der Waals surface area contributed by atoms with Crippen molar-refractivity contribution in [1.82, 2.24) is 0 Å². The summed E-state index contributed by atoms with van der Waals surface area (Å²) in [5, 5.41) is 19.3. The van der Waals surface area contributed by atoms with Gasteiger partial charge in [-0.2, -0.15) is 0 Å². The number of hydrogen-bond donors (Lipinski definition) is 2. The van der Waals surface area contributed by atoms with Gasteiger partial charge in [0.05, 0.1) is 12.0 Å².